The van der Waals surface area contributed by atoms with Crippen LogP contribution < -0.4 is 5.32 Å². The predicted octanol–water partition coefficient (Wildman–Crippen LogP) is 3.06. The van der Waals surface area contributed by atoms with Crippen LogP contribution in [0.5, 0.6) is 0 Å². The number of nitrogens with one attached hydrogen (secondary N) is 1. The molecule has 2 heterocycles. The number of carboxylic acids is 1. The van der Waals surface area contributed by atoms with Gasteiger partial charge in [0.05, 0.1) is 11.9 Å². The van der Waals surface area contributed by atoms with Crippen LogP contribution in [-0.2, 0) is 18.3 Å². The van der Waals surface area contributed by atoms with Gasteiger partial charge in [-0.25, -0.2) is 4.98 Å². The van der Waals surface area contributed by atoms with Crippen molar-refractivity contribution in [1.82, 2.24) is 20.1 Å². The van der Waals surface area contributed by atoms with E-state index >= 15 is 0 Å². The quantitative estimate of drug-likeness (QED) is 0.608. The first-order valence-corrected chi connectivity index (χ1v) is 9.77. The van der Waals surface area contributed by atoms with Gasteiger partial charge in [-0.15, -0.1) is 11.3 Å². The van der Waals surface area contributed by atoms with Crippen molar-refractivity contribution < 1.29 is 14.7 Å². The Kier molecular flexibility index (Phi) is 6.20. The molecule has 0 saturated carbocycles. The Hall–Kier alpha value is -3.00. The van der Waals surface area contributed by atoms with E-state index in [4.69, 9.17) is 5.11 Å². The Labute approximate surface area is 167 Å². The van der Waals surface area contributed by atoms with Gasteiger partial charge >= 0.3 is 5.97 Å². The molecule has 7 nitrogen and oxygen atoms in total. The summed E-state index contributed by atoms with van der Waals surface area (Å²) in [5, 5.41) is 16.9. The summed E-state index contributed by atoms with van der Waals surface area (Å²) in [5.74, 6) is -1.10. The number of carbonyl (C=O) groups excluding carboxylic acids is 1. The van der Waals surface area contributed by atoms with E-state index in [1.54, 1.807) is 17.8 Å². The summed E-state index contributed by atoms with van der Waals surface area (Å²) in [5.41, 5.74) is 2.56. The first-order chi connectivity index (χ1) is 13.4. The Morgan fingerprint density at radius 3 is 2.68 bits per heavy atom. The molecule has 0 aliphatic carbocycles. The Bertz CT molecular complexity index is 965. The summed E-state index contributed by atoms with van der Waals surface area (Å²) in [7, 11) is 1.83. The van der Waals surface area contributed by atoms with Gasteiger partial charge in [-0.05, 0) is 25.3 Å². The highest BCUT2D eigenvalue weighted by Crippen LogP contribution is 2.27. The van der Waals surface area contributed by atoms with Gasteiger partial charge in [-0.1, -0.05) is 30.3 Å². The third kappa shape index (κ3) is 5.04. The molecular weight excluding hydrogens is 376 g/mol. The molecule has 1 unspecified atom stereocenters. The average Bonchev–Trinajstić information content (AvgIpc) is 3.26. The number of amides is 1. The number of carbonyl (C=O) groups is 2. The normalized spacial score (nSPS) is 11.9. The molecule has 0 aliphatic rings. The zero-order valence-corrected chi connectivity index (χ0v) is 16.6. The van der Waals surface area contributed by atoms with Crippen LogP contribution in [0.2, 0.25) is 0 Å². The lowest BCUT2D eigenvalue weighted by Gasteiger charge is -2.18. The molecule has 1 aromatic carbocycles. The van der Waals surface area contributed by atoms with Gasteiger partial charge in [-0.3, -0.25) is 14.3 Å². The highest BCUT2D eigenvalue weighted by molar-refractivity contribution is 7.17. The predicted molar refractivity (Wildman–Crippen MR) is 107 cm³/mol. The molecule has 0 fully saturated rings. The number of thiazole rings is 1. The second kappa shape index (κ2) is 8.79. The fraction of sp³-hybridized carbons (Fsp3) is 0.300. The molecule has 8 heteroatoms. The summed E-state index contributed by atoms with van der Waals surface area (Å²) in [6, 6.07) is 9.46. The molecule has 0 aliphatic heterocycles. The van der Waals surface area contributed by atoms with Gasteiger partial charge in [0.2, 0.25) is 0 Å². The van der Waals surface area contributed by atoms with E-state index in [2.05, 4.69) is 15.4 Å². The number of hydrogen-bond donors (Lipinski definition) is 2. The summed E-state index contributed by atoms with van der Waals surface area (Å²) >= 11 is 1.31. The zero-order chi connectivity index (χ0) is 20.1. The lowest BCUT2D eigenvalue weighted by molar-refractivity contribution is -0.137. The molecule has 0 bridgehead atoms. The van der Waals surface area contributed by atoms with E-state index in [0.29, 0.717) is 23.4 Å². The van der Waals surface area contributed by atoms with Gasteiger partial charge in [0.15, 0.2) is 0 Å². The number of hydrogen-bond acceptors (Lipinski definition) is 5. The van der Waals surface area contributed by atoms with Crippen molar-refractivity contribution in [1.29, 1.82) is 0 Å². The molecule has 1 amide bonds. The molecule has 146 valence electrons. The van der Waals surface area contributed by atoms with E-state index in [1.807, 2.05) is 43.6 Å². The van der Waals surface area contributed by atoms with Gasteiger partial charge < -0.3 is 10.4 Å². The molecule has 1 atom stereocenters. The summed E-state index contributed by atoms with van der Waals surface area (Å²) in [6.45, 7) is 1.80. The lowest BCUT2D eigenvalue weighted by atomic mass is 10.0. The molecular formula is C20H22N4O3S. The molecule has 3 rings (SSSR count). The Morgan fingerprint density at radius 1 is 1.29 bits per heavy atom. The molecule has 0 radical (unpaired) electrons. The van der Waals surface area contributed by atoms with Crippen molar-refractivity contribution in [3.63, 3.8) is 0 Å². The van der Waals surface area contributed by atoms with Crippen LogP contribution in [0.1, 0.15) is 33.8 Å². The maximum atomic E-state index is 12.9. The molecule has 0 spiro atoms. The fourth-order valence-electron chi connectivity index (χ4n) is 2.93. The van der Waals surface area contributed by atoms with Crippen molar-refractivity contribution in [3.05, 3.63) is 58.9 Å². The van der Waals surface area contributed by atoms with Crippen LogP contribution >= 0.6 is 11.3 Å². The van der Waals surface area contributed by atoms with Crippen molar-refractivity contribution in [2.24, 2.45) is 7.05 Å². The van der Waals surface area contributed by atoms with Crippen LogP contribution in [0.25, 0.3) is 10.6 Å². The van der Waals surface area contributed by atoms with E-state index in [9.17, 15) is 9.59 Å². The smallest absolute Gasteiger partial charge is 0.303 e. The molecule has 0 saturated heterocycles. The van der Waals surface area contributed by atoms with E-state index in [0.717, 1.165) is 16.1 Å². The minimum Gasteiger partial charge on any atom is -0.481 e. The van der Waals surface area contributed by atoms with Crippen molar-refractivity contribution >= 4 is 23.2 Å². The summed E-state index contributed by atoms with van der Waals surface area (Å²) < 4.78 is 1.69. The zero-order valence-electron chi connectivity index (χ0n) is 15.8. The molecule has 28 heavy (non-hydrogen) atoms. The molecule has 2 aromatic heterocycles. The summed E-state index contributed by atoms with van der Waals surface area (Å²) in [4.78, 5) is 28.9. The number of carboxylic acid groups (broad SMARTS) is 1. The third-order valence-electron chi connectivity index (χ3n) is 4.32. The van der Waals surface area contributed by atoms with Crippen LogP contribution in [0, 0.1) is 6.92 Å². The topological polar surface area (TPSA) is 97.1 Å². The van der Waals surface area contributed by atoms with Crippen LogP contribution in [0.4, 0.5) is 0 Å². The number of rotatable bonds is 8. The fourth-order valence-corrected chi connectivity index (χ4v) is 3.88. The SMILES string of the molecule is Cc1nc(-c2cnn(C)c2)sc1C(=O)NC(CCC(=O)O)Cc1ccccc1. The average molecular weight is 398 g/mol. The van der Waals surface area contributed by atoms with Gasteiger partial charge in [0.1, 0.15) is 9.88 Å². The molecule has 2 N–H and O–H groups in total. The molecule has 3 aromatic rings. The number of aryl methyl sites for hydroxylation is 2. The number of aliphatic carboxylic acids is 1. The third-order valence-corrected chi connectivity index (χ3v) is 5.53. The number of benzene rings is 1. The highest BCUT2D eigenvalue weighted by atomic mass is 32.1. The van der Waals surface area contributed by atoms with E-state index in [-0.39, 0.29) is 18.4 Å². The minimum absolute atomic E-state index is 0.000385. The van der Waals surface area contributed by atoms with Crippen molar-refractivity contribution in [2.75, 3.05) is 0 Å². The number of nitrogens with zero attached hydrogens (tertiary/aromatic N) is 3. The van der Waals surface area contributed by atoms with Crippen LogP contribution in [0.3, 0.4) is 0 Å². The van der Waals surface area contributed by atoms with Crippen molar-refractivity contribution in [2.45, 2.75) is 32.2 Å². The van der Waals surface area contributed by atoms with E-state index in [1.165, 1.54) is 11.3 Å². The van der Waals surface area contributed by atoms with Crippen LogP contribution in [-0.4, -0.2) is 37.8 Å². The first-order valence-electron chi connectivity index (χ1n) is 8.95. The van der Waals surface area contributed by atoms with E-state index < -0.39 is 5.97 Å². The van der Waals surface area contributed by atoms with Crippen LogP contribution in [0.15, 0.2) is 42.7 Å². The number of aromatic nitrogens is 3. The van der Waals surface area contributed by atoms with Gasteiger partial charge in [0, 0.05) is 31.3 Å². The maximum absolute atomic E-state index is 12.9. The minimum atomic E-state index is -0.875. The lowest BCUT2D eigenvalue weighted by Crippen LogP contribution is -2.36. The standard InChI is InChI=1S/C20H22N4O3S/c1-13-18(28-20(22-13)15-11-21-24(2)12-15)19(27)23-16(8-9-17(25)26)10-14-6-4-3-5-7-14/h3-7,11-12,16H,8-10H2,1-2H3,(H,23,27)(H,25,26). The maximum Gasteiger partial charge on any atom is 0.303 e. The van der Waals surface area contributed by atoms with Gasteiger partial charge in [0.25, 0.3) is 5.91 Å². The largest absolute Gasteiger partial charge is 0.481 e. The second-order valence-electron chi connectivity index (χ2n) is 6.63. The summed E-state index contributed by atoms with van der Waals surface area (Å²) in [6.07, 6.45) is 4.51. The first kappa shape index (κ1) is 19.8. The second-order valence-corrected chi connectivity index (χ2v) is 7.63. The monoisotopic (exact) mass is 398 g/mol. The van der Waals surface area contributed by atoms with Crippen molar-refractivity contribution in [3.8, 4) is 10.6 Å². The Balaban J connectivity index is 1.75. The van der Waals surface area contributed by atoms with Gasteiger partial charge in [-0.2, -0.15) is 5.10 Å². The highest BCUT2D eigenvalue weighted by Gasteiger charge is 2.21. The Morgan fingerprint density at radius 2 is 2.04 bits per heavy atom.